The Hall–Kier alpha value is -2.22. The summed E-state index contributed by atoms with van der Waals surface area (Å²) in [6.45, 7) is 7.09. The summed E-state index contributed by atoms with van der Waals surface area (Å²) in [5, 5.41) is 12.3. The van der Waals surface area contributed by atoms with Crippen molar-refractivity contribution in [1.82, 2.24) is 4.90 Å². The molecule has 1 heterocycles. The summed E-state index contributed by atoms with van der Waals surface area (Å²) in [5.41, 5.74) is 1.22. The lowest BCUT2D eigenvalue weighted by Crippen LogP contribution is -2.37. The van der Waals surface area contributed by atoms with Gasteiger partial charge in [0.25, 0.3) is 0 Å². The molecule has 1 aromatic rings. The molecule has 0 saturated carbocycles. The topological polar surface area (TPSA) is 65.4 Å². The zero-order valence-corrected chi connectivity index (χ0v) is 14.1. The Kier molecular flexibility index (Phi) is 5.49. The van der Waals surface area contributed by atoms with Crippen LogP contribution in [0.2, 0.25) is 0 Å². The van der Waals surface area contributed by atoms with E-state index in [0.717, 1.165) is 31.5 Å². The molecule has 5 nitrogen and oxygen atoms in total. The first kappa shape index (κ1) is 17.1. The summed E-state index contributed by atoms with van der Waals surface area (Å²) in [7, 11) is 0. The van der Waals surface area contributed by atoms with Gasteiger partial charge >= 0.3 is 6.09 Å². The van der Waals surface area contributed by atoms with Crippen LogP contribution in [0.1, 0.15) is 45.6 Å². The van der Waals surface area contributed by atoms with Crippen LogP contribution in [-0.4, -0.2) is 35.7 Å². The van der Waals surface area contributed by atoms with Crippen LogP contribution in [0.4, 0.5) is 10.5 Å². The number of rotatable bonds is 2. The van der Waals surface area contributed by atoms with Crippen molar-refractivity contribution in [2.75, 3.05) is 18.4 Å². The molecule has 1 saturated heterocycles. The third kappa shape index (κ3) is 5.48. The van der Waals surface area contributed by atoms with Crippen molar-refractivity contribution >= 4 is 11.8 Å². The zero-order chi connectivity index (χ0) is 16.9. The SMILES string of the molecule is CC(C)(C)OC(=O)N1CCCC(Nc2ccc(C#N)cc2)CC1. The van der Waals surface area contributed by atoms with Gasteiger partial charge in [-0.1, -0.05) is 0 Å². The van der Waals surface area contributed by atoms with Gasteiger partial charge in [-0.15, -0.1) is 0 Å². The number of hydrogen-bond acceptors (Lipinski definition) is 4. The van der Waals surface area contributed by atoms with Crippen molar-refractivity contribution in [3.63, 3.8) is 0 Å². The zero-order valence-electron chi connectivity index (χ0n) is 14.1. The van der Waals surface area contributed by atoms with E-state index in [0.29, 0.717) is 18.2 Å². The van der Waals surface area contributed by atoms with Gasteiger partial charge in [0.15, 0.2) is 0 Å². The second-order valence-corrected chi connectivity index (χ2v) is 6.93. The number of likely N-dealkylation sites (tertiary alicyclic amines) is 1. The number of nitrogens with one attached hydrogen (secondary N) is 1. The maximum absolute atomic E-state index is 12.2. The summed E-state index contributed by atoms with van der Waals surface area (Å²) >= 11 is 0. The molecule has 0 spiro atoms. The standard InChI is InChI=1S/C18H25N3O2/c1-18(2,3)23-17(22)21-11-4-5-15(10-12-21)20-16-8-6-14(13-19)7-9-16/h6-9,15,20H,4-5,10-12H2,1-3H3. The van der Waals surface area contributed by atoms with E-state index in [2.05, 4.69) is 11.4 Å². The number of carbonyl (C=O) groups is 1. The third-order valence-electron chi connectivity index (χ3n) is 3.76. The normalized spacial score (nSPS) is 18.7. The first-order chi connectivity index (χ1) is 10.9. The van der Waals surface area contributed by atoms with Gasteiger partial charge in [-0.05, 0) is 64.3 Å². The van der Waals surface area contributed by atoms with Gasteiger partial charge < -0.3 is 15.0 Å². The Morgan fingerprint density at radius 3 is 2.57 bits per heavy atom. The average molecular weight is 315 g/mol. The highest BCUT2D eigenvalue weighted by atomic mass is 16.6. The molecule has 1 fully saturated rings. The van der Waals surface area contributed by atoms with Crippen LogP contribution < -0.4 is 5.32 Å². The predicted molar refractivity (Wildman–Crippen MR) is 90.2 cm³/mol. The summed E-state index contributed by atoms with van der Waals surface area (Å²) in [6.07, 6.45) is 2.63. The molecule has 1 atom stereocenters. The fourth-order valence-corrected chi connectivity index (χ4v) is 2.63. The number of amides is 1. The maximum atomic E-state index is 12.2. The number of nitriles is 1. The summed E-state index contributed by atoms with van der Waals surface area (Å²) in [4.78, 5) is 14.0. The number of hydrogen-bond donors (Lipinski definition) is 1. The van der Waals surface area contributed by atoms with Crippen molar-refractivity contribution in [2.24, 2.45) is 0 Å². The maximum Gasteiger partial charge on any atom is 0.410 e. The number of anilines is 1. The molecule has 1 aliphatic heterocycles. The Bertz CT molecular complexity index is 569. The molecule has 23 heavy (non-hydrogen) atoms. The molecule has 2 rings (SSSR count). The van der Waals surface area contributed by atoms with Crippen LogP contribution in [0.25, 0.3) is 0 Å². The van der Waals surface area contributed by atoms with Gasteiger partial charge in [-0.25, -0.2) is 4.79 Å². The van der Waals surface area contributed by atoms with Gasteiger partial charge in [-0.2, -0.15) is 5.26 Å². The van der Waals surface area contributed by atoms with E-state index in [-0.39, 0.29) is 6.09 Å². The minimum absolute atomic E-state index is 0.225. The number of ether oxygens (including phenoxy) is 1. The summed E-state index contributed by atoms with van der Waals surface area (Å²) in [5.74, 6) is 0. The van der Waals surface area contributed by atoms with Crippen LogP contribution in [0.3, 0.4) is 0 Å². The van der Waals surface area contributed by atoms with E-state index in [9.17, 15) is 4.79 Å². The molecule has 1 aliphatic rings. The molecule has 1 aromatic carbocycles. The molecule has 1 unspecified atom stereocenters. The lowest BCUT2D eigenvalue weighted by atomic mass is 10.1. The number of benzene rings is 1. The number of nitrogens with zero attached hydrogens (tertiary/aromatic N) is 2. The van der Waals surface area contributed by atoms with E-state index in [1.54, 1.807) is 4.90 Å². The lowest BCUT2D eigenvalue weighted by Gasteiger charge is -2.26. The van der Waals surface area contributed by atoms with Gasteiger partial charge in [0.2, 0.25) is 0 Å². The minimum atomic E-state index is -0.455. The second-order valence-electron chi connectivity index (χ2n) is 6.93. The van der Waals surface area contributed by atoms with Crippen molar-refractivity contribution in [3.8, 4) is 6.07 Å². The lowest BCUT2D eigenvalue weighted by molar-refractivity contribution is 0.0256. The van der Waals surface area contributed by atoms with E-state index >= 15 is 0 Å². The van der Waals surface area contributed by atoms with Gasteiger partial charge in [0.1, 0.15) is 5.60 Å². The van der Waals surface area contributed by atoms with Crippen molar-refractivity contribution in [2.45, 2.75) is 51.7 Å². The summed E-state index contributed by atoms with van der Waals surface area (Å²) < 4.78 is 5.45. The molecule has 0 radical (unpaired) electrons. The highest BCUT2D eigenvalue weighted by Gasteiger charge is 2.25. The molecular formula is C18H25N3O2. The van der Waals surface area contributed by atoms with Crippen molar-refractivity contribution in [3.05, 3.63) is 29.8 Å². The Labute approximate surface area is 138 Å². The quantitative estimate of drug-likeness (QED) is 0.902. The van der Waals surface area contributed by atoms with Gasteiger partial charge in [0, 0.05) is 24.8 Å². The Morgan fingerprint density at radius 1 is 1.26 bits per heavy atom. The third-order valence-corrected chi connectivity index (χ3v) is 3.76. The van der Waals surface area contributed by atoms with Crippen LogP contribution in [0.15, 0.2) is 24.3 Å². The van der Waals surface area contributed by atoms with Crippen LogP contribution in [0.5, 0.6) is 0 Å². The molecule has 0 aliphatic carbocycles. The van der Waals surface area contributed by atoms with E-state index in [4.69, 9.17) is 10.00 Å². The second kappa shape index (κ2) is 7.36. The predicted octanol–water partition coefficient (Wildman–Crippen LogP) is 3.76. The van der Waals surface area contributed by atoms with Crippen LogP contribution >= 0.6 is 0 Å². The fourth-order valence-electron chi connectivity index (χ4n) is 2.63. The van der Waals surface area contributed by atoms with Crippen LogP contribution in [0, 0.1) is 11.3 Å². The molecule has 1 amide bonds. The van der Waals surface area contributed by atoms with E-state index < -0.39 is 5.60 Å². The molecule has 5 heteroatoms. The Morgan fingerprint density at radius 2 is 1.96 bits per heavy atom. The van der Waals surface area contributed by atoms with Crippen molar-refractivity contribution in [1.29, 1.82) is 5.26 Å². The average Bonchev–Trinajstić information content (AvgIpc) is 2.72. The molecular weight excluding hydrogens is 290 g/mol. The molecule has 0 aromatic heterocycles. The Balaban J connectivity index is 1.88. The first-order valence-electron chi connectivity index (χ1n) is 8.12. The van der Waals surface area contributed by atoms with E-state index in [1.165, 1.54) is 0 Å². The number of carbonyl (C=O) groups excluding carboxylic acids is 1. The van der Waals surface area contributed by atoms with Crippen LogP contribution in [-0.2, 0) is 4.74 Å². The van der Waals surface area contributed by atoms with Gasteiger partial charge in [-0.3, -0.25) is 0 Å². The van der Waals surface area contributed by atoms with Crippen molar-refractivity contribution < 1.29 is 9.53 Å². The highest BCUT2D eigenvalue weighted by Crippen LogP contribution is 2.19. The highest BCUT2D eigenvalue weighted by molar-refractivity contribution is 5.68. The monoisotopic (exact) mass is 315 g/mol. The molecule has 1 N–H and O–H groups in total. The molecule has 0 bridgehead atoms. The van der Waals surface area contributed by atoms with Gasteiger partial charge in [0.05, 0.1) is 11.6 Å². The minimum Gasteiger partial charge on any atom is -0.444 e. The summed E-state index contributed by atoms with van der Waals surface area (Å²) in [6, 6.07) is 9.92. The molecule has 124 valence electrons. The largest absolute Gasteiger partial charge is 0.444 e. The van der Waals surface area contributed by atoms with E-state index in [1.807, 2.05) is 45.0 Å². The smallest absolute Gasteiger partial charge is 0.410 e. The fraction of sp³-hybridized carbons (Fsp3) is 0.556. The first-order valence-corrected chi connectivity index (χ1v) is 8.12.